The van der Waals surface area contributed by atoms with Gasteiger partial charge in [0.25, 0.3) is 0 Å². The number of halogens is 1. The molecule has 0 aliphatic rings. The van der Waals surface area contributed by atoms with Crippen molar-refractivity contribution < 1.29 is 4.39 Å². The van der Waals surface area contributed by atoms with Gasteiger partial charge in [-0.2, -0.15) is 5.26 Å². The quantitative estimate of drug-likeness (QED) is 0.710. The topological polar surface area (TPSA) is 23.8 Å². The average Bonchev–Trinajstić information content (AvgIpc) is 2.18. The minimum Gasteiger partial charge on any atom is -0.248 e. The zero-order valence-electron chi connectivity index (χ0n) is 8.03. The molecule has 1 atom stereocenters. The molecule has 1 rings (SSSR count). The fraction of sp³-hybridized carbons (Fsp3) is 0.364. The Hall–Kier alpha value is -1.01. The number of hydrogen-bond acceptors (Lipinski definition) is 2. The van der Waals surface area contributed by atoms with Crippen LogP contribution in [0.2, 0.25) is 0 Å². The third-order valence-corrected chi connectivity index (χ3v) is 2.89. The van der Waals surface area contributed by atoms with Crippen molar-refractivity contribution in [2.45, 2.75) is 24.4 Å². The van der Waals surface area contributed by atoms with E-state index in [1.165, 1.54) is 11.8 Å². The second-order valence-corrected chi connectivity index (χ2v) is 4.16. The van der Waals surface area contributed by atoms with Crippen LogP contribution in [0, 0.1) is 11.3 Å². The predicted octanol–water partition coefficient (Wildman–Crippen LogP) is 3.40. The highest BCUT2D eigenvalue weighted by atomic mass is 32.2. The van der Waals surface area contributed by atoms with Gasteiger partial charge >= 0.3 is 0 Å². The number of nitriles is 1. The zero-order valence-corrected chi connectivity index (χ0v) is 8.85. The van der Waals surface area contributed by atoms with E-state index in [4.69, 9.17) is 5.26 Å². The molecular weight excluding hydrogens is 197 g/mol. The zero-order chi connectivity index (χ0) is 10.4. The predicted molar refractivity (Wildman–Crippen MR) is 57.1 cm³/mol. The first-order chi connectivity index (χ1) is 6.74. The number of thioether (sulfide) groups is 1. The largest absolute Gasteiger partial charge is 0.248 e. The lowest BCUT2D eigenvalue weighted by Crippen LogP contribution is -1.94. The van der Waals surface area contributed by atoms with Crippen molar-refractivity contribution in [2.24, 2.45) is 0 Å². The molecule has 0 fully saturated rings. The van der Waals surface area contributed by atoms with E-state index in [2.05, 4.69) is 6.07 Å². The van der Waals surface area contributed by atoms with Crippen molar-refractivity contribution in [1.82, 2.24) is 0 Å². The van der Waals surface area contributed by atoms with E-state index < -0.39 is 6.17 Å². The molecule has 0 aliphatic heterocycles. The van der Waals surface area contributed by atoms with E-state index in [1.54, 1.807) is 13.0 Å². The number of nitrogens with zero attached hydrogens (tertiary/aromatic N) is 1. The van der Waals surface area contributed by atoms with Crippen LogP contribution in [0.5, 0.6) is 0 Å². The van der Waals surface area contributed by atoms with Crippen molar-refractivity contribution in [3.63, 3.8) is 0 Å². The molecule has 0 saturated carbocycles. The lowest BCUT2D eigenvalue weighted by atomic mass is 10.2. The van der Waals surface area contributed by atoms with Crippen molar-refractivity contribution in [3.8, 4) is 6.07 Å². The van der Waals surface area contributed by atoms with Crippen LogP contribution >= 0.6 is 11.8 Å². The van der Waals surface area contributed by atoms with E-state index in [0.717, 1.165) is 10.6 Å². The average molecular weight is 209 g/mol. The van der Waals surface area contributed by atoms with E-state index in [1.807, 2.05) is 18.2 Å². The minimum absolute atomic E-state index is 0.532. The Kier molecular flexibility index (Phi) is 4.48. The van der Waals surface area contributed by atoms with Crippen molar-refractivity contribution in [3.05, 3.63) is 29.8 Å². The maximum atomic E-state index is 12.5. The van der Waals surface area contributed by atoms with Gasteiger partial charge in [0.1, 0.15) is 6.07 Å². The van der Waals surface area contributed by atoms with Gasteiger partial charge in [-0.05, 0) is 25.5 Å². The van der Waals surface area contributed by atoms with E-state index in [-0.39, 0.29) is 0 Å². The molecular formula is C11H12FNS. The summed E-state index contributed by atoms with van der Waals surface area (Å²) in [5.74, 6) is 0.719. The van der Waals surface area contributed by atoms with E-state index in [9.17, 15) is 4.39 Å². The fourth-order valence-electron chi connectivity index (χ4n) is 1.02. The molecule has 0 saturated heterocycles. The van der Waals surface area contributed by atoms with Gasteiger partial charge in [0, 0.05) is 10.6 Å². The Morgan fingerprint density at radius 3 is 2.86 bits per heavy atom. The SMILES string of the molecule is CC(F)CCSc1ccccc1C#N. The minimum atomic E-state index is -0.767. The third kappa shape index (κ3) is 3.39. The first-order valence-corrected chi connectivity index (χ1v) is 5.48. The Labute approximate surface area is 87.9 Å². The van der Waals surface area contributed by atoms with Crippen LogP contribution in [0.3, 0.4) is 0 Å². The number of alkyl halides is 1. The third-order valence-electron chi connectivity index (χ3n) is 1.78. The van der Waals surface area contributed by atoms with Crippen LogP contribution < -0.4 is 0 Å². The first kappa shape index (κ1) is 11.1. The Balaban J connectivity index is 2.54. The van der Waals surface area contributed by atoms with Gasteiger partial charge in [0.05, 0.1) is 11.7 Å². The maximum Gasteiger partial charge on any atom is 0.100 e. The molecule has 74 valence electrons. The molecule has 0 spiro atoms. The van der Waals surface area contributed by atoms with Crippen LogP contribution in [-0.2, 0) is 0 Å². The summed E-state index contributed by atoms with van der Waals surface area (Å²) in [6.45, 7) is 1.55. The van der Waals surface area contributed by atoms with Crippen molar-refractivity contribution in [1.29, 1.82) is 5.26 Å². The molecule has 1 unspecified atom stereocenters. The van der Waals surface area contributed by atoms with Gasteiger partial charge in [0.15, 0.2) is 0 Å². The Bertz CT molecular complexity index is 330. The van der Waals surface area contributed by atoms with Gasteiger partial charge in [-0.3, -0.25) is 0 Å². The van der Waals surface area contributed by atoms with E-state index >= 15 is 0 Å². The normalized spacial score (nSPS) is 12.1. The molecule has 0 radical (unpaired) electrons. The molecule has 0 N–H and O–H groups in total. The molecule has 0 aromatic heterocycles. The molecule has 1 aromatic rings. The van der Waals surface area contributed by atoms with Gasteiger partial charge < -0.3 is 0 Å². The number of hydrogen-bond donors (Lipinski definition) is 0. The summed E-state index contributed by atoms with van der Waals surface area (Å²) < 4.78 is 12.5. The van der Waals surface area contributed by atoms with Crippen LogP contribution in [0.25, 0.3) is 0 Å². The highest BCUT2D eigenvalue weighted by Crippen LogP contribution is 2.23. The fourth-order valence-corrected chi connectivity index (χ4v) is 2.12. The molecule has 0 aliphatic carbocycles. The summed E-state index contributed by atoms with van der Waals surface area (Å²) in [5.41, 5.74) is 0.670. The van der Waals surface area contributed by atoms with Gasteiger partial charge in [0.2, 0.25) is 0 Å². The lowest BCUT2D eigenvalue weighted by Gasteiger charge is -2.03. The standard InChI is InChI=1S/C11H12FNS/c1-9(12)6-7-14-11-5-3-2-4-10(11)8-13/h2-5,9H,6-7H2,1H3. The van der Waals surface area contributed by atoms with Gasteiger partial charge in [-0.25, -0.2) is 4.39 Å². The summed E-state index contributed by atoms with van der Waals surface area (Å²) >= 11 is 1.54. The second kappa shape index (κ2) is 5.66. The van der Waals surface area contributed by atoms with E-state index in [0.29, 0.717) is 12.0 Å². The highest BCUT2D eigenvalue weighted by molar-refractivity contribution is 7.99. The van der Waals surface area contributed by atoms with Crippen LogP contribution in [0.4, 0.5) is 4.39 Å². The molecule has 0 amide bonds. The molecule has 1 aromatic carbocycles. The molecule has 3 heteroatoms. The highest BCUT2D eigenvalue weighted by Gasteiger charge is 2.02. The number of rotatable bonds is 4. The molecule has 0 heterocycles. The molecule has 14 heavy (non-hydrogen) atoms. The maximum absolute atomic E-state index is 12.5. The van der Waals surface area contributed by atoms with Crippen molar-refractivity contribution >= 4 is 11.8 Å². The monoisotopic (exact) mass is 209 g/mol. The summed E-state index contributed by atoms with van der Waals surface area (Å²) in [6, 6.07) is 9.52. The second-order valence-electron chi connectivity index (χ2n) is 3.03. The van der Waals surface area contributed by atoms with Crippen LogP contribution in [-0.4, -0.2) is 11.9 Å². The van der Waals surface area contributed by atoms with Gasteiger partial charge in [-0.1, -0.05) is 12.1 Å². The summed E-state index contributed by atoms with van der Waals surface area (Å²) in [5, 5.41) is 8.79. The Morgan fingerprint density at radius 2 is 2.21 bits per heavy atom. The molecule has 1 nitrogen and oxygen atoms in total. The Morgan fingerprint density at radius 1 is 1.50 bits per heavy atom. The van der Waals surface area contributed by atoms with Crippen LogP contribution in [0.15, 0.2) is 29.2 Å². The summed E-state index contributed by atoms with van der Waals surface area (Å²) in [6.07, 6.45) is -0.235. The summed E-state index contributed by atoms with van der Waals surface area (Å²) in [4.78, 5) is 0.940. The smallest absolute Gasteiger partial charge is 0.100 e. The van der Waals surface area contributed by atoms with Crippen LogP contribution in [0.1, 0.15) is 18.9 Å². The lowest BCUT2D eigenvalue weighted by molar-refractivity contribution is 0.355. The first-order valence-electron chi connectivity index (χ1n) is 4.50. The van der Waals surface area contributed by atoms with Crippen molar-refractivity contribution in [2.75, 3.05) is 5.75 Å². The summed E-state index contributed by atoms with van der Waals surface area (Å²) in [7, 11) is 0. The number of benzene rings is 1. The van der Waals surface area contributed by atoms with Gasteiger partial charge in [-0.15, -0.1) is 11.8 Å². The molecule has 0 bridgehead atoms.